The van der Waals surface area contributed by atoms with Crippen molar-refractivity contribution in [3.05, 3.63) is 0 Å². The van der Waals surface area contributed by atoms with Gasteiger partial charge in [-0.2, -0.15) is 13.1 Å². The van der Waals surface area contributed by atoms with Gasteiger partial charge in [-0.1, -0.05) is 0 Å². The first-order valence-electron chi connectivity index (χ1n) is 5.71. The number of ether oxygens (including phenoxy) is 1. The molecule has 1 amide bonds. The quantitative estimate of drug-likeness (QED) is 0.613. The molecule has 0 unspecified atom stereocenters. The molecule has 8 heteroatoms. The fraction of sp³-hybridized carbons (Fsp3) is 0.889. The van der Waals surface area contributed by atoms with Gasteiger partial charge in [0.2, 0.25) is 0 Å². The molecule has 0 aliphatic carbocycles. The van der Waals surface area contributed by atoms with E-state index >= 15 is 0 Å². The van der Waals surface area contributed by atoms with Crippen LogP contribution in [-0.4, -0.2) is 40.2 Å². The molecular formula is C9H19N3O4S. The molecule has 100 valence electrons. The van der Waals surface area contributed by atoms with Crippen LogP contribution in [0.15, 0.2) is 0 Å². The minimum atomic E-state index is -3.80. The summed E-state index contributed by atoms with van der Waals surface area (Å²) < 4.78 is 31.2. The van der Waals surface area contributed by atoms with E-state index < -0.39 is 16.3 Å². The summed E-state index contributed by atoms with van der Waals surface area (Å²) in [4.78, 5) is 10.9. The van der Waals surface area contributed by atoms with Crippen molar-refractivity contribution in [2.24, 2.45) is 0 Å². The Morgan fingerprint density at radius 1 is 1.53 bits per heavy atom. The lowest BCUT2D eigenvalue weighted by Crippen LogP contribution is -2.41. The molecule has 1 aliphatic heterocycles. The normalized spacial score (nSPS) is 20.2. The Bertz CT molecular complexity index is 338. The molecule has 1 heterocycles. The molecule has 7 nitrogen and oxygen atoms in total. The number of nitrogens with one attached hydrogen (secondary N) is 3. The van der Waals surface area contributed by atoms with Crippen molar-refractivity contribution in [2.75, 3.05) is 19.7 Å². The Labute approximate surface area is 101 Å². The first-order valence-corrected chi connectivity index (χ1v) is 7.19. The van der Waals surface area contributed by atoms with Crippen LogP contribution in [0, 0.1) is 0 Å². The molecule has 17 heavy (non-hydrogen) atoms. The van der Waals surface area contributed by atoms with Crippen LogP contribution in [0.2, 0.25) is 0 Å². The molecule has 1 rings (SSSR count). The summed E-state index contributed by atoms with van der Waals surface area (Å²) in [5, 5.41) is 3.26. The van der Waals surface area contributed by atoms with Gasteiger partial charge < -0.3 is 10.1 Å². The lowest BCUT2D eigenvalue weighted by atomic mass is 10.2. The van der Waals surface area contributed by atoms with E-state index in [9.17, 15) is 13.2 Å². The van der Waals surface area contributed by atoms with Crippen molar-refractivity contribution in [3.8, 4) is 0 Å². The van der Waals surface area contributed by atoms with Crippen molar-refractivity contribution in [2.45, 2.75) is 32.2 Å². The van der Waals surface area contributed by atoms with E-state index in [1.54, 1.807) is 11.6 Å². The van der Waals surface area contributed by atoms with Gasteiger partial charge in [0.1, 0.15) is 0 Å². The second-order valence-electron chi connectivity index (χ2n) is 3.80. The number of carbonyl (C=O) groups excluding carboxylic acids is 1. The van der Waals surface area contributed by atoms with Crippen LogP contribution in [-0.2, 0) is 14.9 Å². The largest absolute Gasteiger partial charge is 0.449 e. The van der Waals surface area contributed by atoms with Gasteiger partial charge >= 0.3 is 16.3 Å². The number of carbonyl (C=O) groups is 1. The van der Waals surface area contributed by atoms with Gasteiger partial charge in [0.25, 0.3) is 0 Å². The summed E-state index contributed by atoms with van der Waals surface area (Å²) in [7, 11) is -3.80. The van der Waals surface area contributed by atoms with Crippen molar-refractivity contribution in [1.29, 1.82) is 0 Å². The summed E-state index contributed by atoms with van der Waals surface area (Å²) in [5.74, 6) is 0. The van der Waals surface area contributed by atoms with Crippen LogP contribution in [0.1, 0.15) is 26.2 Å². The van der Waals surface area contributed by atoms with Gasteiger partial charge in [-0.25, -0.2) is 9.52 Å². The predicted molar refractivity (Wildman–Crippen MR) is 62.7 cm³/mol. The maximum atomic E-state index is 11.3. The first-order chi connectivity index (χ1) is 8.03. The molecule has 0 spiro atoms. The van der Waals surface area contributed by atoms with E-state index in [4.69, 9.17) is 0 Å². The number of hydrogen-bond acceptors (Lipinski definition) is 5. The van der Waals surface area contributed by atoms with Crippen LogP contribution in [0.3, 0.4) is 0 Å². The zero-order chi connectivity index (χ0) is 12.7. The van der Waals surface area contributed by atoms with E-state index in [1.165, 1.54) is 0 Å². The van der Waals surface area contributed by atoms with Crippen LogP contribution < -0.4 is 14.8 Å². The highest BCUT2D eigenvalue weighted by molar-refractivity contribution is 7.88. The molecule has 1 saturated heterocycles. The number of amides is 1. The van der Waals surface area contributed by atoms with Crippen LogP contribution in [0.4, 0.5) is 4.79 Å². The number of rotatable bonds is 6. The van der Waals surface area contributed by atoms with Crippen LogP contribution >= 0.6 is 0 Å². The zero-order valence-electron chi connectivity index (χ0n) is 9.86. The Balaban J connectivity index is 2.21. The molecule has 0 bridgehead atoms. The summed E-state index contributed by atoms with van der Waals surface area (Å²) in [6.07, 6.45) is 1.94. The Morgan fingerprint density at radius 3 is 2.88 bits per heavy atom. The summed E-state index contributed by atoms with van der Waals surface area (Å²) in [6.45, 7) is 3.02. The molecule has 1 atom stereocenters. The Hall–Kier alpha value is -0.860. The van der Waals surface area contributed by atoms with Crippen molar-refractivity contribution in [3.63, 3.8) is 0 Å². The van der Waals surface area contributed by atoms with Gasteiger partial charge in [-0.05, 0) is 32.7 Å². The van der Waals surface area contributed by atoms with Gasteiger partial charge in [0, 0.05) is 12.6 Å². The van der Waals surface area contributed by atoms with Crippen molar-refractivity contribution >= 4 is 16.3 Å². The Morgan fingerprint density at radius 2 is 2.29 bits per heavy atom. The highest BCUT2D eigenvalue weighted by atomic mass is 32.2. The van der Waals surface area contributed by atoms with E-state index in [-0.39, 0.29) is 6.61 Å². The summed E-state index contributed by atoms with van der Waals surface area (Å²) in [6, 6.07) is 0.361. The first kappa shape index (κ1) is 14.2. The molecule has 1 aliphatic rings. The van der Waals surface area contributed by atoms with E-state index in [0.29, 0.717) is 19.0 Å². The van der Waals surface area contributed by atoms with E-state index in [0.717, 1.165) is 19.4 Å². The summed E-state index contributed by atoms with van der Waals surface area (Å²) in [5.41, 5.74) is 0. The van der Waals surface area contributed by atoms with Gasteiger partial charge in [0.15, 0.2) is 0 Å². The zero-order valence-corrected chi connectivity index (χ0v) is 10.7. The van der Waals surface area contributed by atoms with Crippen LogP contribution in [0.5, 0.6) is 0 Å². The van der Waals surface area contributed by atoms with E-state index in [2.05, 4.69) is 14.8 Å². The van der Waals surface area contributed by atoms with E-state index in [1.807, 2.05) is 0 Å². The molecular weight excluding hydrogens is 246 g/mol. The highest BCUT2D eigenvalue weighted by Crippen LogP contribution is 2.07. The van der Waals surface area contributed by atoms with Crippen LogP contribution in [0.25, 0.3) is 0 Å². The minimum Gasteiger partial charge on any atom is -0.449 e. The number of hydrogen-bond donors (Lipinski definition) is 3. The maximum Gasteiger partial charge on any atom is 0.421 e. The fourth-order valence-corrected chi connectivity index (χ4v) is 2.41. The summed E-state index contributed by atoms with van der Waals surface area (Å²) >= 11 is 0. The second kappa shape index (κ2) is 6.77. The van der Waals surface area contributed by atoms with Crippen molar-refractivity contribution in [1.82, 2.24) is 14.8 Å². The third-order valence-electron chi connectivity index (χ3n) is 2.44. The topological polar surface area (TPSA) is 96.5 Å². The highest BCUT2D eigenvalue weighted by Gasteiger charge is 2.17. The Kier molecular flexibility index (Phi) is 5.66. The molecule has 0 aromatic carbocycles. The average molecular weight is 265 g/mol. The standard InChI is InChI=1S/C9H19N3O4S/c1-2-16-9(13)12-17(14,15)11-7-5-8-4-3-6-10-8/h8,10-11H,2-7H2,1H3,(H,12,13)/t8-/m1/s1. The third-order valence-corrected chi connectivity index (χ3v) is 3.46. The molecule has 0 aromatic heterocycles. The molecule has 0 radical (unpaired) electrons. The molecule has 3 N–H and O–H groups in total. The molecule has 0 saturated carbocycles. The maximum absolute atomic E-state index is 11.3. The smallest absolute Gasteiger partial charge is 0.421 e. The predicted octanol–water partition coefficient (Wildman–Crippen LogP) is -0.291. The molecule has 1 fully saturated rings. The second-order valence-corrected chi connectivity index (χ2v) is 5.30. The average Bonchev–Trinajstić information content (AvgIpc) is 2.69. The molecule has 0 aromatic rings. The fourth-order valence-electron chi connectivity index (χ4n) is 1.68. The lowest BCUT2D eigenvalue weighted by molar-refractivity contribution is 0.158. The third kappa shape index (κ3) is 5.85. The van der Waals surface area contributed by atoms with Gasteiger partial charge in [-0.15, -0.1) is 0 Å². The monoisotopic (exact) mass is 265 g/mol. The SMILES string of the molecule is CCOC(=O)NS(=O)(=O)NCC[C@H]1CCCN1. The van der Waals surface area contributed by atoms with Gasteiger partial charge in [0.05, 0.1) is 6.61 Å². The van der Waals surface area contributed by atoms with Crippen molar-refractivity contribution < 1.29 is 17.9 Å². The van der Waals surface area contributed by atoms with Gasteiger partial charge in [-0.3, -0.25) is 0 Å². The lowest BCUT2D eigenvalue weighted by Gasteiger charge is -2.11. The minimum absolute atomic E-state index is 0.132.